The Labute approximate surface area is 187 Å². The zero-order chi connectivity index (χ0) is 22.4. The molecular weight excluding hydrogens is 440 g/mol. The molecule has 0 saturated heterocycles. The Morgan fingerprint density at radius 2 is 1.87 bits per heavy atom. The molecule has 0 atom stereocenters. The first-order chi connectivity index (χ1) is 14.9. The van der Waals surface area contributed by atoms with Gasteiger partial charge in [0.25, 0.3) is 11.6 Å². The minimum absolute atomic E-state index is 0.00464. The second-order valence-corrected chi connectivity index (χ2v) is 7.76. The van der Waals surface area contributed by atoms with Crippen molar-refractivity contribution in [3.05, 3.63) is 69.2 Å². The predicted molar refractivity (Wildman–Crippen MR) is 120 cm³/mol. The summed E-state index contributed by atoms with van der Waals surface area (Å²) in [6.07, 6.45) is 0. The molecule has 3 rings (SSSR count). The van der Waals surface area contributed by atoms with Gasteiger partial charge >= 0.3 is 0 Å². The lowest BCUT2D eigenvalue weighted by Gasteiger charge is -2.07. The average Bonchev–Trinajstić information content (AvgIpc) is 3.19. The molecule has 0 unspecified atom stereocenters. The van der Waals surface area contributed by atoms with Crippen LogP contribution in [0.15, 0.2) is 58.8 Å². The summed E-state index contributed by atoms with van der Waals surface area (Å²) in [6.45, 7) is 4.33. The first-order valence-corrected chi connectivity index (χ1v) is 10.6. The van der Waals surface area contributed by atoms with Gasteiger partial charge in [-0.1, -0.05) is 23.4 Å². The number of benzene rings is 2. The van der Waals surface area contributed by atoms with Crippen molar-refractivity contribution in [2.24, 2.45) is 5.10 Å². The van der Waals surface area contributed by atoms with Gasteiger partial charge in [-0.3, -0.25) is 14.9 Å². The van der Waals surface area contributed by atoms with Crippen LogP contribution in [0.3, 0.4) is 0 Å². The maximum Gasteiger partial charge on any atom is 0.269 e. The van der Waals surface area contributed by atoms with E-state index in [0.717, 1.165) is 5.56 Å². The number of halogens is 1. The molecule has 0 radical (unpaired) electrons. The van der Waals surface area contributed by atoms with Gasteiger partial charge < -0.3 is 4.57 Å². The van der Waals surface area contributed by atoms with Gasteiger partial charge in [0.15, 0.2) is 11.0 Å². The van der Waals surface area contributed by atoms with Crippen LogP contribution in [0, 0.1) is 10.1 Å². The van der Waals surface area contributed by atoms with Crippen LogP contribution in [0.25, 0.3) is 11.4 Å². The van der Waals surface area contributed by atoms with Gasteiger partial charge in [-0.25, -0.2) is 5.43 Å². The van der Waals surface area contributed by atoms with Crippen molar-refractivity contribution < 1.29 is 9.72 Å². The first kappa shape index (κ1) is 22.4. The predicted octanol–water partition coefficient (Wildman–Crippen LogP) is 4.16. The monoisotopic (exact) mass is 458 g/mol. The Morgan fingerprint density at radius 1 is 1.19 bits per heavy atom. The number of rotatable bonds is 8. The zero-order valence-corrected chi connectivity index (χ0v) is 18.4. The molecule has 3 aromatic rings. The van der Waals surface area contributed by atoms with Gasteiger partial charge in [-0.15, -0.1) is 10.2 Å². The quantitative estimate of drug-likeness (QED) is 0.234. The van der Waals surface area contributed by atoms with Crippen LogP contribution in [0.1, 0.15) is 19.4 Å². The van der Waals surface area contributed by atoms with Crippen LogP contribution in [-0.4, -0.2) is 37.1 Å². The van der Waals surface area contributed by atoms with E-state index >= 15 is 0 Å². The number of carbonyl (C=O) groups excluding carboxylic acids is 1. The number of nitrogens with one attached hydrogen (secondary N) is 1. The van der Waals surface area contributed by atoms with Gasteiger partial charge in [0.2, 0.25) is 0 Å². The molecule has 160 valence electrons. The summed E-state index contributed by atoms with van der Waals surface area (Å²) in [5.74, 6) is 0.509. The van der Waals surface area contributed by atoms with Crippen LogP contribution in [-0.2, 0) is 11.3 Å². The SMILES string of the molecule is CCn1c(SCC(=O)NN=C(C)c2ccc([N+](=O)[O-])cc2)nnc1-c1ccc(Cl)cc1. The Hall–Kier alpha value is -3.24. The van der Waals surface area contributed by atoms with E-state index in [1.807, 2.05) is 23.6 Å². The number of thioether (sulfide) groups is 1. The molecule has 0 fully saturated rings. The highest BCUT2D eigenvalue weighted by molar-refractivity contribution is 7.99. The van der Waals surface area contributed by atoms with Gasteiger partial charge in [0.1, 0.15) is 0 Å². The molecule has 2 aromatic carbocycles. The third-order valence-electron chi connectivity index (χ3n) is 4.31. The number of non-ortho nitro benzene ring substituents is 1. The fourth-order valence-corrected chi connectivity index (χ4v) is 3.61. The number of hydrazone groups is 1. The van der Waals surface area contributed by atoms with Gasteiger partial charge in [0.05, 0.1) is 16.4 Å². The summed E-state index contributed by atoms with van der Waals surface area (Å²) in [6, 6.07) is 13.3. The third kappa shape index (κ3) is 5.68. The maximum absolute atomic E-state index is 12.2. The van der Waals surface area contributed by atoms with Gasteiger partial charge in [-0.2, -0.15) is 5.10 Å². The third-order valence-corrected chi connectivity index (χ3v) is 5.53. The van der Waals surface area contributed by atoms with Crippen molar-refractivity contribution in [1.82, 2.24) is 20.2 Å². The highest BCUT2D eigenvalue weighted by atomic mass is 35.5. The Morgan fingerprint density at radius 3 is 2.48 bits per heavy atom. The van der Waals surface area contributed by atoms with Gasteiger partial charge in [-0.05, 0) is 55.8 Å². The number of hydrogen-bond acceptors (Lipinski definition) is 7. The van der Waals surface area contributed by atoms with Crippen molar-refractivity contribution in [1.29, 1.82) is 0 Å². The molecule has 0 aliphatic carbocycles. The van der Waals surface area contributed by atoms with Crippen molar-refractivity contribution in [3.8, 4) is 11.4 Å². The van der Waals surface area contributed by atoms with Crippen molar-refractivity contribution in [2.75, 3.05) is 5.75 Å². The van der Waals surface area contributed by atoms with Crippen molar-refractivity contribution in [3.63, 3.8) is 0 Å². The summed E-state index contributed by atoms with van der Waals surface area (Å²) in [5.41, 5.74) is 4.59. The first-order valence-electron chi connectivity index (χ1n) is 9.29. The molecule has 9 nitrogen and oxygen atoms in total. The summed E-state index contributed by atoms with van der Waals surface area (Å²) < 4.78 is 1.92. The van der Waals surface area contributed by atoms with Gasteiger partial charge in [0, 0.05) is 29.3 Å². The number of nitrogens with zero attached hydrogens (tertiary/aromatic N) is 5. The molecule has 11 heteroatoms. The summed E-state index contributed by atoms with van der Waals surface area (Å²) >= 11 is 7.20. The molecule has 1 amide bonds. The number of amides is 1. The average molecular weight is 459 g/mol. The van der Waals surface area contributed by atoms with E-state index in [4.69, 9.17) is 11.6 Å². The summed E-state index contributed by atoms with van der Waals surface area (Å²) in [7, 11) is 0. The molecule has 1 heterocycles. The minimum Gasteiger partial charge on any atom is -0.302 e. The van der Waals surface area contributed by atoms with E-state index in [9.17, 15) is 14.9 Å². The Bertz CT molecular complexity index is 1110. The Balaban J connectivity index is 1.61. The van der Waals surface area contributed by atoms with Crippen molar-refractivity contribution >= 4 is 40.7 Å². The van der Waals surface area contributed by atoms with E-state index in [0.29, 0.717) is 33.8 Å². The largest absolute Gasteiger partial charge is 0.302 e. The van der Waals surface area contributed by atoms with E-state index < -0.39 is 4.92 Å². The molecular formula is C20H19ClN6O3S. The van der Waals surface area contributed by atoms with Crippen LogP contribution in [0.2, 0.25) is 5.02 Å². The van der Waals surface area contributed by atoms with Crippen LogP contribution >= 0.6 is 23.4 Å². The number of nitro benzene ring substituents is 1. The van der Waals surface area contributed by atoms with Crippen LogP contribution in [0.4, 0.5) is 5.69 Å². The summed E-state index contributed by atoms with van der Waals surface area (Å²) in [4.78, 5) is 22.5. The van der Waals surface area contributed by atoms with E-state index in [2.05, 4.69) is 20.7 Å². The van der Waals surface area contributed by atoms with Crippen LogP contribution < -0.4 is 5.43 Å². The maximum atomic E-state index is 12.2. The van der Waals surface area contributed by atoms with E-state index in [1.165, 1.54) is 23.9 Å². The van der Waals surface area contributed by atoms with Crippen molar-refractivity contribution in [2.45, 2.75) is 25.5 Å². The number of nitro groups is 1. The molecule has 0 aliphatic heterocycles. The minimum atomic E-state index is -0.470. The molecule has 1 N–H and O–H groups in total. The topological polar surface area (TPSA) is 115 Å². The fourth-order valence-electron chi connectivity index (χ4n) is 2.69. The molecule has 1 aromatic heterocycles. The second kappa shape index (κ2) is 10.2. The molecule has 0 spiro atoms. The molecule has 0 aliphatic rings. The number of aromatic nitrogens is 3. The smallest absolute Gasteiger partial charge is 0.269 e. The standard InChI is InChI=1S/C20H19ClN6O3S/c1-3-26-19(15-4-8-16(21)9-5-15)24-25-20(26)31-12-18(28)23-22-13(2)14-6-10-17(11-7-14)27(29)30/h4-11H,3,12H2,1-2H3,(H,23,28). The van der Waals surface area contributed by atoms with E-state index in [1.54, 1.807) is 31.2 Å². The normalized spacial score (nSPS) is 11.4. The Kier molecular flexibility index (Phi) is 7.37. The highest BCUT2D eigenvalue weighted by Gasteiger charge is 2.14. The zero-order valence-electron chi connectivity index (χ0n) is 16.8. The lowest BCUT2D eigenvalue weighted by atomic mass is 10.1. The highest BCUT2D eigenvalue weighted by Crippen LogP contribution is 2.25. The molecule has 31 heavy (non-hydrogen) atoms. The second-order valence-electron chi connectivity index (χ2n) is 6.38. The lowest BCUT2D eigenvalue weighted by molar-refractivity contribution is -0.384. The summed E-state index contributed by atoms with van der Waals surface area (Å²) in [5, 5.41) is 24.5. The fraction of sp³-hybridized carbons (Fsp3) is 0.200. The number of hydrogen-bond donors (Lipinski definition) is 1. The van der Waals surface area contributed by atoms with E-state index in [-0.39, 0.29) is 17.3 Å². The van der Waals surface area contributed by atoms with Crippen LogP contribution in [0.5, 0.6) is 0 Å². The number of carbonyl (C=O) groups is 1. The lowest BCUT2D eigenvalue weighted by Crippen LogP contribution is -2.21. The molecule has 0 saturated carbocycles. The molecule has 0 bridgehead atoms.